The molecule has 1 unspecified atom stereocenters. The number of unbranched alkanes of at least 4 members (excludes halogenated alkanes) is 2. The molecule has 0 aromatic heterocycles. The van der Waals surface area contributed by atoms with E-state index in [1.165, 1.54) is 0 Å². The highest BCUT2D eigenvalue weighted by molar-refractivity contribution is 5.76. The molecule has 0 aliphatic heterocycles. The van der Waals surface area contributed by atoms with Crippen LogP contribution in [0.15, 0.2) is 0 Å². The largest absolute Gasteiger partial charge is 0.354 e. The fourth-order valence-electron chi connectivity index (χ4n) is 2.53. The van der Waals surface area contributed by atoms with Gasteiger partial charge in [-0.3, -0.25) is 9.59 Å². The molecular formula is C21H44N4O4. The number of ether oxygens (including phenoxy) is 2. The highest BCUT2D eigenvalue weighted by atomic mass is 16.7. The Balaban J connectivity index is 4.14. The van der Waals surface area contributed by atoms with Gasteiger partial charge in [0.05, 0.1) is 13.2 Å². The lowest BCUT2D eigenvalue weighted by Crippen LogP contribution is -2.47. The van der Waals surface area contributed by atoms with Crippen LogP contribution < -0.4 is 21.3 Å². The summed E-state index contributed by atoms with van der Waals surface area (Å²) in [6, 6.07) is 0. The third kappa shape index (κ3) is 13.6. The van der Waals surface area contributed by atoms with Crippen molar-refractivity contribution in [3.8, 4) is 0 Å². The second kappa shape index (κ2) is 15.6. The van der Waals surface area contributed by atoms with Crippen LogP contribution in [0.5, 0.6) is 0 Å². The number of carbonyl (C=O) groups is 2. The molecule has 4 N–H and O–H groups in total. The standard InChI is InChI=1S/C21H44N4O4/c1-20(2,3)21(4,29-17-15-25-19(27)11-13-23-6)28-16-14-24-18(26)10-8-7-9-12-22-5/h22-23H,7-17H2,1-6H3,(H,24,26)(H,25,27). The van der Waals surface area contributed by atoms with E-state index in [4.69, 9.17) is 9.47 Å². The van der Waals surface area contributed by atoms with Crippen molar-refractivity contribution < 1.29 is 19.1 Å². The van der Waals surface area contributed by atoms with Gasteiger partial charge in [-0.05, 0) is 40.4 Å². The molecule has 0 aliphatic carbocycles. The van der Waals surface area contributed by atoms with Crippen molar-refractivity contribution >= 4 is 11.8 Å². The maximum absolute atomic E-state index is 11.9. The monoisotopic (exact) mass is 416 g/mol. The zero-order valence-corrected chi connectivity index (χ0v) is 19.4. The van der Waals surface area contributed by atoms with Gasteiger partial charge in [0.2, 0.25) is 11.8 Å². The fraction of sp³-hybridized carbons (Fsp3) is 0.905. The van der Waals surface area contributed by atoms with E-state index in [0.717, 1.165) is 25.8 Å². The summed E-state index contributed by atoms with van der Waals surface area (Å²) in [5.41, 5.74) is -0.263. The minimum atomic E-state index is -0.819. The van der Waals surface area contributed by atoms with Gasteiger partial charge in [-0.2, -0.15) is 0 Å². The highest BCUT2D eigenvalue weighted by Crippen LogP contribution is 2.34. The first-order chi connectivity index (χ1) is 13.7. The molecule has 0 saturated carbocycles. The molecule has 0 aliphatic rings. The van der Waals surface area contributed by atoms with Gasteiger partial charge < -0.3 is 30.7 Å². The summed E-state index contributed by atoms with van der Waals surface area (Å²) < 4.78 is 12.0. The molecule has 0 bridgehead atoms. The van der Waals surface area contributed by atoms with Gasteiger partial charge >= 0.3 is 0 Å². The SMILES string of the molecule is CNCCCCCC(=O)NCCOC(C)(OCCNC(=O)CCNC)C(C)(C)C. The van der Waals surface area contributed by atoms with Crippen LogP contribution in [0, 0.1) is 5.41 Å². The van der Waals surface area contributed by atoms with Crippen molar-refractivity contribution in [3.63, 3.8) is 0 Å². The Labute approximate surface area is 177 Å². The summed E-state index contributed by atoms with van der Waals surface area (Å²) in [6.07, 6.45) is 4.02. The first kappa shape index (κ1) is 27.8. The Kier molecular flexibility index (Phi) is 14.9. The predicted octanol–water partition coefficient (Wildman–Crippen LogP) is 1.40. The average molecular weight is 417 g/mol. The molecule has 8 nitrogen and oxygen atoms in total. The predicted molar refractivity (Wildman–Crippen MR) is 117 cm³/mol. The number of hydrogen-bond donors (Lipinski definition) is 4. The van der Waals surface area contributed by atoms with E-state index in [-0.39, 0.29) is 17.2 Å². The maximum Gasteiger partial charge on any atom is 0.221 e. The molecule has 29 heavy (non-hydrogen) atoms. The third-order valence-corrected chi connectivity index (χ3v) is 4.90. The fourth-order valence-corrected chi connectivity index (χ4v) is 2.53. The zero-order chi connectivity index (χ0) is 22.2. The Hall–Kier alpha value is -1.22. The molecule has 2 amide bonds. The second-order valence-corrected chi connectivity index (χ2v) is 8.36. The number of carbonyl (C=O) groups excluding carboxylic acids is 2. The number of amides is 2. The lowest BCUT2D eigenvalue weighted by Gasteiger charge is -2.41. The summed E-state index contributed by atoms with van der Waals surface area (Å²) in [7, 11) is 3.75. The van der Waals surface area contributed by atoms with Crippen LogP contribution in [0.3, 0.4) is 0 Å². The van der Waals surface area contributed by atoms with E-state index < -0.39 is 5.79 Å². The van der Waals surface area contributed by atoms with Crippen LogP contribution >= 0.6 is 0 Å². The molecule has 0 saturated heterocycles. The van der Waals surface area contributed by atoms with Crippen LogP contribution in [0.4, 0.5) is 0 Å². The smallest absolute Gasteiger partial charge is 0.221 e. The summed E-state index contributed by atoms with van der Waals surface area (Å²) in [5.74, 6) is -0.767. The van der Waals surface area contributed by atoms with Gasteiger partial charge in [0.1, 0.15) is 0 Å². The van der Waals surface area contributed by atoms with Gasteiger partial charge in [-0.25, -0.2) is 0 Å². The van der Waals surface area contributed by atoms with Crippen LogP contribution in [0.2, 0.25) is 0 Å². The number of rotatable bonds is 17. The Morgan fingerprint density at radius 2 is 1.21 bits per heavy atom. The molecular weight excluding hydrogens is 372 g/mol. The van der Waals surface area contributed by atoms with E-state index in [1.54, 1.807) is 0 Å². The summed E-state index contributed by atoms with van der Waals surface area (Å²) in [6.45, 7) is 11.3. The molecule has 172 valence electrons. The van der Waals surface area contributed by atoms with Crippen molar-refractivity contribution in [2.45, 2.75) is 65.6 Å². The molecule has 0 radical (unpaired) electrons. The maximum atomic E-state index is 11.9. The zero-order valence-electron chi connectivity index (χ0n) is 19.4. The second-order valence-electron chi connectivity index (χ2n) is 8.36. The molecule has 8 heteroatoms. The molecule has 0 heterocycles. The first-order valence-corrected chi connectivity index (χ1v) is 10.8. The molecule has 0 fully saturated rings. The normalized spacial score (nSPS) is 13.7. The Morgan fingerprint density at radius 1 is 0.690 bits per heavy atom. The number of nitrogens with one attached hydrogen (secondary N) is 4. The van der Waals surface area contributed by atoms with Crippen molar-refractivity contribution in [2.75, 3.05) is 53.5 Å². The molecule has 0 aromatic carbocycles. The summed E-state index contributed by atoms with van der Waals surface area (Å²) >= 11 is 0. The van der Waals surface area contributed by atoms with Gasteiger partial charge in [0.25, 0.3) is 0 Å². The van der Waals surface area contributed by atoms with Gasteiger partial charge in [-0.1, -0.05) is 27.2 Å². The van der Waals surface area contributed by atoms with Crippen molar-refractivity contribution in [2.24, 2.45) is 5.41 Å². The van der Waals surface area contributed by atoms with Gasteiger partial charge in [-0.15, -0.1) is 0 Å². The summed E-state index contributed by atoms with van der Waals surface area (Å²) in [4.78, 5) is 23.5. The van der Waals surface area contributed by atoms with E-state index in [1.807, 2.05) is 41.8 Å². The van der Waals surface area contributed by atoms with Crippen LogP contribution in [-0.2, 0) is 19.1 Å². The lowest BCUT2D eigenvalue weighted by atomic mass is 9.86. The topological polar surface area (TPSA) is 101 Å². The van der Waals surface area contributed by atoms with Crippen molar-refractivity contribution in [1.82, 2.24) is 21.3 Å². The van der Waals surface area contributed by atoms with E-state index >= 15 is 0 Å². The Morgan fingerprint density at radius 3 is 1.69 bits per heavy atom. The van der Waals surface area contributed by atoms with Crippen LogP contribution in [0.25, 0.3) is 0 Å². The number of hydrogen-bond acceptors (Lipinski definition) is 6. The van der Waals surface area contributed by atoms with Crippen LogP contribution in [-0.4, -0.2) is 71.1 Å². The summed E-state index contributed by atoms with van der Waals surface area (Å²) in [5, 5.41) is 11.8. The van der Waals surface area contributed by atoms with Crippen molar-refractivity contribution in [1.29, 1.82) is 0 Å². The lowest BCUT2D eigenvalue weighted by molar-refractivity contribution is -0.276. The Bertz CT molecular complexity index is 454. The minimum absolute atomic E-state index is 0.00463. The average Bonchev–Trinajstić information content (AvgIpc) is 2.66. The van der Waals surface area contributed by atoms with E-state index in [2.05, 4.69) is 21.3 Å². The third-order valence-electron chi connectivity index (χ3n) is 4.90. The first-order valence-electron chi connectivity index (χ1n) is 10.8. The molecule has 0 rings (SSSR count). The van der Waals surface area contributed by atoms with E-state index in [0.29, 0.717) is 45.7 Å². The van der Waals surface area contributed by atoms with Crippen LogP contribution in [0.1, 0.15) is 59.8 Å². The molecule has 1 atom stereocenters. The molecule has 0 spiro atoms. The quantitative estimate of drug-likeness (QED) is 0.211. The van der Waals surface area contributed by atoms with Crippen molar-refractivity contribution in [3.05, 3.63) is 0 Å². The highest BCUT2D eigenvalue weighted by Gasteiger charge is 2.39. The van der Waals surface area contributed by atoms with Gasteiger partial charge in [0, 0.05) is 37.9 Å². The minimum Gasteiger partial charge on any atom is -0.354 e. The molecule has 0 aromatic rings. The van der Waals surface area contributed by atoms with Gasteiger partial charge in [0.15, 0.2) is 5.79 Å². The van der Waals surface area contributed by atoms with E-state index in [9.17, 15) is 9.59 Å².